The largest absolute Gasteiger partial charge is 0.486 e. The predicted octanol–water partition coefficient (Wildman–Crippen LogP) is 3.94. The zero-order valence-corrected chi connectivity index (χ0v) is 15.3. The first-order valence-electron chi connectivity index (χ1n) is 9.43. The zero-order valence-electron chi connectivity index (χ0n) is 15.3. The first kappa shape index (κ1) is 16.2. The Balaban J connectivity index is 1.39. The normalized spacial score (nSPS) is 18.4. The van der Waals surface area contributed by atoms with Crippen molar-refractivity contribution in [1.29, 1.82) is 0 Å². The molecule has 2 aromatic carbocycles. The average molecular weight is 359 g/mol. The van der Waals surface area contributed by atoms with Gasteiger partial charge >= 0.3 is 0 Å². The number of nitrogens with zero attached hydrogens (tertiary/aromatic N) is 3. The fraction of sp³-hybridized carbons (Fsp3) is 0.318. The number of aromatic nitrogens is 2. The second-order valence-corrected chi connectivity index (χ2v) is 7.49. The van der Waals surface area contributed by atoms with E-state index in [-0.39, 0.29) is 11.4 Å². The molecule has 136 valence electrons. The number of piperidine rings is 1. The summed E-state index contributed by atoms with van der Waals surface area (Å²) >= 11 is 0. The Morgan fingerprint density at radius 1 is 0.963 bits per heavy atom. The Morgan fingerprint density at radius 3 is 2.41 bits per heavy atom. The predicted molar refractivity (Wildman–Crippen MR) is 104 cm³/mol. The SMILES string of the molecule is Cc1nc2ccccc2nc1N1CCC2(CC1)CC(=O)c1ccccc1O2. The van der Waals surface area contributed by atoms with Crippen molar-refractivity contribution < 1.29 is 9.53 Å². The molecule has 0 saturated carbocycles. The second kappa shape index (κ2) is 6.05. The smallest absolute Gasteiger partial charge is 0.170 e. The molecule has 1 fully saturated rings. The number of Topliss-reactive ketones (excluding diaryl/α,β-unsaturated/α-hetero) is 1. The number of ketones is 1. The maximum absolute atomic E-state index is 12.6. The van der Waals surface area contributed by atoms with E-state index in [1.165, 1.54) is 0 Å². The minimum Gasteiger partial charge on any atom is -0.486 e. The Morgan fingerprint density at radius 2 is 1.63 bits per heavy atom. The van der Waals surface area contributed by atoms with Gasteiger partial charge in [0, 0.05) is 25.9 Å². The number of ether oxygens (including phenoxy) is 1. The van der Waals surface area contributed by atoms with Crippen LogP contribution < -0.4 is 9.64 Å². The molecular weight excluding hydrogens is 338 g/mol. The van der Waals surface area contributed by atoms with Crippen LogP contribution in [0.25, 0.3) is 11.0 Å². The van der Waals surface area contributed by atoms with Gasteiger partial charge in [-0.05, 0) is 31.2 Å². The maximum Gasteiger partial charge on any atom is 0.170 e. The molecule has 0 N–H and O–H groups in total. The van der Waals surface area contributed by atoms with Gasteiger partial charge in [-0.3, -0.25) is 4.79 Å². The van der Waals surface area contributed by atoms with Crippen LogP contribution in [0.3, 0.4) is 0 Å². The number of anilines is 1. The van der Waals surface area contributed by atoms with Crippen LogP contribution in [0.2, 0.25) is 0 Å². The molecule has 2 aliphatic rings. The summed E-state index contributed by atoms with van der Waals surface area (Å²) in [6.45, 7) is 3.63. The van der Waals surface area contributed by atoms with E-state index in [4.69, 9.17) is 14.7 Å². The Kier molecular flexibility index (Phi) is 3.64. The molecule has 5 nitrogen and oxygen atoms in total. The molecular formula is C22H21N3O2. The highest BCUT2D eigenvalue weighted by Crippen LogP contribution is 2.40. The van der Waals surface area contributed by atoms with E-state index in [1.807, 2.05) is 55.5 Å². The third kappa shape index (κ3) is 2.74. The number of fused-ring (bicyclic) bond motifs is 2. The van der Waals surface area contributed by atoms with E-state index in [0.29, 0.717) is 12.0 Å². The fourth-order valence-corrected chi connectivity index (χ4v) is 4.23. The van der Waals surface area contributed by atoms with E-state index in [9.17, 15) is 4.79 Å². The van der Waals surface area contributed by atoms with Crippen molar-refractivity contribution in [2.75, 3.05) is 18.0 Å². The van der Waals surface area contributed by atoms with Crippen LogP contribution in [-0.2, 0) is 0 Å². The van der Waals surface area contributed by atoms with E-state index in [1.54, 1.807) is 0 Å². The van der Waals surface area contributed by atoms with Gasteiger partial charge in [0.2, 0.25) is 0 Å². The molecule has 5 rings (SSSR count). The van der Waals surface area contributed by atoms with Gasteiger partial charge in [-0.15, -0.1) is 0 Å². The van der Waals surface area contributed by atoms with Crippen molar-refractivity contribution in [3.8, 4) is 5.75 Å². The summed E-state index contributed by atoms with van der Waals surface area (Å²) in [4.78, 5) is 24.4. The van der Waals surface area contributed by atoms with Crippen LogP contribution >= 0.6 is 0 Å². The summed E-state index contributed by atoms with van der Waals surface area (Å²) in [5.74, 6) is 1.85. The molecule has 0 atom stereocenters. The van der Waals surface area contributed by atoms with Gasteiger partial charge in [0.05, 0.1) is 28.7 Å². The summed E-state index contributed by atoms with van der Waals surface area (Å²) < 4.78 is 6.33. The number of carbonyl (C=O) groups is 1. The highest BCUT2D eigenvalue weighted by molar-refractivity contribution is 6.00. The zero-order chi connectivity index (χ0) is 18.4. The quantitative estimate of drug-likeness (QED) is 0.659. The number of hydrogen-bond donors (Lipinski definition) is 0. The molecule has 0 unspecified atom stereocenters. The molecule has 5 heteroatoms. The van der Waals surface area contributed by atoms with Crippen LogP contribution in [0.5, 0.6) is 5.75 Å². The molecule has 1 saturated heterocycles. The maximum atomic E-state index is 12.6. The van der Waals surface area contributed by atoms with Crippen LogP contribution in [0.4, 0.5) is 5.82 Å². The van der Waals surface area contributed by atoms with E-state index in [0.717, 1.165) is 54.2 Å². The minimum absolute atomic E-state index is 0.187. The lowest BCUT2D eigenvalue weighted by Crippen LogP contribution is -2.51. The molecule has 27 heavy (non-hydrogen) atoms. The van der Waals surface area contributed by atoms with Crippen molar-refractivity contribution in [3.05, 3.63) is 59.8 Å². The van der Waals surface area contributed by atoms with Gasteiger partial charge in [-0.25, -0.2) is 9.97 Å². The molecule has 0 bridgehead atoms. The van der Waals surface area contributed by atoms with Gasteiger partial charge in [0.1, 0.15) is 11.4 Å². The number of carbonyl (C=O) groups excluding carboxylic acids is 1. The summed E-state index contributed by atoms with van der Waals surface area (Å²) in [6, 6.07) is 15.5. The first-order chi connectivity index (χ1) is 13.1. The number of benzene rings is 2. The summed E-state index contributed by atoms with van der Waals surface area (Å²) in [6.07, 6.45) is 2.07. The monoisotopic (exact) mass is 359 g/mol. The topological polar surface area (TPSA) is 55.3 Å². The lowest BCUT2D eigenvalue weighted by Gasteiger charge is -2.44. The van der Waals surface area contributed by atoms with Crippen molar-refractivity contribution in [2.45, 2.75) is 31.8 Å². The Hall–Kier alpha value is -2.95. The molecule has 2 aliphatic heterocycles. The standard InChI is InChI=1S/C22H21N3O2/c1-15-21(24-18-8-4-3-7-17(18)23-15)25-12-10-22(11-13-25)14-19(26)16-6-2-5-9-20(16)27-22/h2-9H,10-14H2,1H3. The first-order valence-corrected chi connectivity index (χ1v) is 9.43. The highest BCUT2D eigenvalue weighted by atomic mass is 16.5. The van der Waals surface area contributed by atoms with E-state index in [2.05, 4.69) is 4.90 Å². The fourth-order valence-electron chi connectivity index (χ4n) is 4.23. The number of hydrogen-bond acceptors (Lipinski definition) is 5. The van der Waals surface area contributed by atoms with Gasteiger partial charge in [-0.1, -0.05) is 24.3 Å². The number of para-hydroxylation sites is 3. The van der Waals surface area contributed by atoms with Crippen LogP contribution in [0, 0.1) is 6.92 Å². The molecule has 0 amide bonds. The summed E-state index contributed by atoms with van der Waals surface area (Å²) in [5, 5.41) is 0. The highest BCUT2D eigenvalue weighted by Gasteiger charge is 2.43. The molecule has 3 heterocycles. The van der Waals surface area contributed by atoms with Crippen molar-refractivity contribution in [3.63, 3.8) is 0 Å². The summed E-state index contributed by atoms with van der Waals surface area (Å²) in [5.41, 5.74) is 3.10. The van der Waals surface area contributed by atoms with Gasteiger partial charge in [0.15, 0.2) is 11.6 Å². The minimum atomic E-state index is -0.389. The average Bonchev–Trinajstić information content (AvgIpc) is 2.68. The van der Waals surface area contributed by atoms with Crippen molar-refractivity contribution >= 4 is 22.6 Å². The van der Waals surface area contributed by atoms with Crippen molar-refractivity contribution in [2.24, 2.45) is 0 Å². The second-order valence-electron chi connectivity index (χ2n) is 7.49. The van der Waals surface area contributed by atoms with Crippen molar-refractivity contribution in [1.82, 2.24) is 9.97 Å². The third-order valence-electron chi connectivity index (χ3n) is 5.69. The Bertz CT molecular complexity index is 1040. The lowest BCUT2D eigenvalue weighted by molar-refractivity contribution is 0.0231. The lowest BCUT2D eigenvalue weighted by atomic mass is 9.82. The molecule has 0 aliphatic carbocycles. The molecule has 3 aromatic rings. The summed E-state index contributed by atoms with van der Waals surface area (Å²) in [7, 11) is 0. The number of rotatable bonds is 1. The molecule has 1 aromatic heterocycles. The van der Waals surface area contributed by atoms with Crippen LogP contribution in [0.1, 0.15) is 35.3 Å². The number of aryl methyl sites for hydroxylation is 1. The Labute approximate surface area is 158 Å². The van der Waals surface area contributed by atoms with Crippen LogP contribution in [-0.4, -0.2) is 34.4 Å². The van der Waals surface area contributed by atoms with Gasteiger partial charge in [0.25, 0.3) is 0 Å². The van der Waals surface area contributed by atoms with Gasteiger partial charge < -0.3 is 9.64 Å². The molecule has 1 spiro atoms. The van der Waals surface area contributed by atoms with E-state index >= 15 is 0 Å². The van der Waals surface area contributed by atoms with Gasteiger partial charge in [-0.2, -0.15) is 0 Å². The van der Waals surface area contributed by atoms with Crippen LogP contribution in [0.15, 0.2) is 48.5 Å². The molecule has 0 radical (unpaired) electrons. The third-order valence-corrected chi connectivity index (χ3v) is 5.69. The van der Waals surface area contributed by atoms with E-state index < -0.39 is 0 Å².